The first-order valence-corrected chi connectivity index (χ1v) is 12.6. The zero-order valence-electron chi connectivity index (χ0n) is 16.9. The molecule has 7 heteroatoms. The molecule has 0 radical (unpaired) electrons. The minimum Gasteiger partial charge on any atom is -0.218 e. The Hall–Kier alpha value is -2.25. The fourth-order valence-corrected chi connectivity index (χ4v) is 5.60. The van der Waals surface area contributed by atoms with Gasteiger partial charge in [-0.3, -0.25) is 0 Å². The molecule has 3 aromatic carbocycles. The molecule has 0 aliphatic carbocycles. The van der Waals surface area contributed by atoms with Crippen LogP contribution in [0.4, 0.5) is 0 Å². The lowest BCUT2D eigenvalue weighted by molar-refractivity contribution is 0.881. The summed E-state index contributed by atoms with van der Waals surface area (Å²) in [5.41, 5.74) is 5.49. The molecule has 0 atom stereocenters. The fraction of sp³-hybridized carbons (Fsp3) is 0.0400. The maximum atomic E-state index is 6.98. The van der Waals surface area contributed by atoms with Crippen LogP contribution in [-0.4, -0.2) is 14.8 Å². The molecule has 5 aromatic rings. The van der Waals surface area contributed by atoms with E-state index in [1.807, 2.05) is 71.4 Å². The van der Waals surface area contributed by atoms with Crippen LogP contribution in [0.3, 0.4) is 0 Å². The van der Waals surface area contributed by atoms with Gasteiger partial charge in [-0.2, -0.15) is 5.10 Å². The first-order valence-electron chi connectivity index (χ1n) is 9.85. The number of rotatable bonds is 4. The van der Waals surface area contributed by atoms with E-state index >= 15 is 0 Å². The molecule has 0 amide bonds. The number of benzene rings is 3. The number of aryl methyl sites for hydroxylation is 1. The quantitative estimate of drug-likeness (QED) is 0.211. The summed E-state index contributed by atoms with van der Waals surface area (Å²) in [6.07, 6.45) is 0. The van der Waals surface area contributed by atoms with Crippen molar-refractivity contribution in [1.29, 1.82) is 0 Å². The van der Waals surface area contributed by atoms with E-state index in [1.54, 1.807) is 11.3 Å². The molecule has 2 aromatic heterocycles. The molecule has 0 N–H and O–H groups in total. The molecule has 0 bridgehead atoms. The molecular formula is C25H16Br2ClN3S. The third-order valence-electron chi connectivity index (χ3n) is 5.04. The minimum absolute atomic E-state index is 0.593. The number of aromatic nitrogens is 3. The van der Waals surface area contributed by atoms with E-state index in [0.717, 1.165) is 52.7 Å². The highest BCUT2D eigenvalue weighted by Gasteiger charge is 2.23. The highest BCUT2D eigenvalue weighted by atomic mass is 79.9. The maximum Gasteiger partial charge on any atom is 0.211 e. The van der Waals surface area contributed by atoms with E-state index in [2.05, 4.69) is 50.9 Å². The molecule has 0 aliphatic rings. The zero-order valence-corrected chi connectivity index (χ0v) is 21.6. The third kappa shape index (κ3) is 4.08. The van der Waals surface area contributed by atoms with E-state index in [-0.39, 0.29) is 0 Å². The van der Waals surface area contributed by atoms with Gasteiger partial charge in [-0.25, -0.2) is 9.67 Å². The standard InChI is InChI=1S/C25H16Br2ClN3S/c1-15-22(16-7-3-2-4-8-16)29-25(32-15)31-24(18-10-6-12-20(27)14-18)21(28)23(30-31)17-9-5-11-19(26)13-17/h2-14H,1H3. The van der Waals surface area contributed by atoms with Crippen LogP contribution in [0.25, 0.3) is 38.9 Å². The van der Waals surface area contributed by atoms with Gasteiger partial charge in [-0.05, 0) is 31.2 Å². The van der Waals surface area contributed by atoms with Crippen molar-refractivity contribution in [3.8, 4) is 38.9 Å². The second-order valence-corrected chi connectivity index (χ2v) is 10.6. The molecule has 0 saturated heterocycles. The summed E-state index contributed by atoms with van der Waals surface area (Å²) in [6.45, 7) is 2.09. The second kappa shape index (κ2) is 8.94. The summed E-state index contributed by atoms with van der Waals surface area (Å²) < 4.78 is 3.81. The van der Waals surface area contributed by atoms with Crippen LogP contribution in [0.15, 0.2) is 87.8 Å². The minimum atomic E-state index is 0.593. The average Bonchev–Trinajstić information content (AvgIpc) is 3.34. The lowest BCUT2D eigenvalue weighted by Gasteiger charge is -2.05. The van der Waals surface area contributed by atoms with Gasteiger partial charge in [0.1, 0.15) is 5.69 Å². The topological polar surface area (TPSA) is 30.7 Å². The number of nitrogens with zero attached hydrogens (tertiary/aromatic N) is 3. The van der Waals surface area contributed by atoms with E-state index in [4.69, 9.17) is 21.7 Å². The summed E-state index contributed by atoms with van der Waals surface area (Å²) in [7, 11) is 0. The Bertz CT molecular complexity index is 1430. The highest BCUT2D eigenvalue weighted by molar-refractivity contribution is 9.10. The SMILES string of the molecule is Cc1sc(-n2nc(-c3cccc(Br)c3)c(Cl)c2-c2cccc(Br)c2)nc1-c1ccccc1. The lowest BCUT2D eigenvalue weighted by Crippen LogP contribution is -1.99. The number of hydrogen-bond acceptors (Lipinski definition) is 3. The van der Waals surface area contributed by atoms with E-state index < -0.39 is 0 Å². The predicted octanol–water partition coefficient (Wildman–Crippen LogP) is 8.82. The summed E-state index contributed by atoms with van der Waals surface area (Å²) in [4.78, 5) is 6.09. The van der Waals surface area contributed by atoms with Crippen molar-refractivity contribution in [3.05, 3.63) is 97.7 Å². The van der Waals surface area contributed by atoms with Crippen LogP contribution in [0.5, 0.6) is 0 Å². The Morgan fingerprint density at radius 1 is 0.781 bits per heavy atom. The highest BCUT2D eigenvalue weighted by Crippen LogP contribution is 2.40. The molecular weight excluding hydrogens is 570 g/mol. The normalized spacial score (nSPS) is 11.1. The molecule has 0 saturated carbocycles. The summed E-state index contributed by atoms with van der Waals surface area (Å²) in [5, 5.41) is 6.31. The molecule has 3 nitrogen and oxygen atoms in total. The van der Waals surface area contributed by atoms with Gasteiger partial charge in [-0.1, -0.05) is 109 Å². The first-order chi connectivity index (χ1) is 15.5. The van der Waals surface area contributed by atoms with Crippen molar-refractivity contribution in [2.45, 2.75) is 6.92 Å². The number of thiazole rings is 1. The van der Waals surface area contributed by atoms with E-state index in [1.165, 1.54) is 0 Å². The van der Waals surface area contributed by atoms with Gasteiger partial charge < -0.3 is 0 Å². The van der Waals surface area contributed by atoms with Gasteiger partial charge in [0.25, 0.3) is 0 Å². The van der Waals surface area contributed by atoms with E-state index in [0.29, 0.717) is 5.02 Å². The van der Waals surface area contributed by atoms with Gasteiger partial charge in [0, 0.05) is 30.5 Å². The Labute approximate surface area is 212 Å². The van der Waals surface area contributed by atoms with Crippen LogP contribution >= 0.6 is 54.8 Å². The molecule has 2 heterocycles. The van der Waals surface area contributed by atoms with Crippen LogP contribution in [0.1, 0.15) is 4.88 Å². The van der Waals surface area contributed by atoms with Crippen LogP contribution in [0, 0.1) is 6.92 Å². The lowest BCUT2D eigenvalue weighted by atomic mass is 10.1. The van der Waals surface area contributed by atoms with Crippen molar-refractivity contribution >= 4 is 54.8 Å². The monoisotopic (exact) mass is 583 g/mol. The van der Waals surface area contributed by atoms with Crippen LogP contribution in [-0.2, 0) is 0 Å². The van der Waals surface area contributed by atoms with Gasteiger partial charge in [0.2, 0.25) is 5.13 Å². The summed E-state index contributed by atoms with van der Waals surface area (Å²) in [5.74, 6) is 0. The fourth-order valence-electron chi connectivity index (χ4n) is 3.58. The molecule has 0 fully saturated rings. The van der Waals surface area contributed by atoms with Gasteiger partial charge in [0.05, 0.1) is 16.4 Å². The largest absolute Gasteiger partial charge is 0.218 e. The Morgan fingerprint density at radius 2 is 1.41 bits per heavy atom. The molecule has 32 heavy (non-hydrogen) atoms. The van der Waals surface area contributed by atoms with Crippen molar-refractivity contribution < 1.29 is 0 Å². The van der Waals surface area contributed by atoms with E-state index in [9.17, 15) is 0 Å². The Balaban J connectivity index is 1.74. The maximum absolute atomic E-state index is 6.98. The molecule has 5 rings (SSSR count). The molecule has 0 aliphatic heterocycles. The molecule has 0 unspecified atom stereocenters. The predicted molar refractivity (Wildman–Crippen MR) is 141 cm³/mol. The van der Waals surface area contributed by atoms with Gasteiger partial charge in [-0.15, -0.1) is 0 Å². The van der Waals surface area contributed by atoms with Gasteiger partial charge >= 0.3 is 0 Å². The van der Waals surface area contributed by atoms with Crippen molar-refractivity contribution in [2.24, 2.45) is 0 Å². The van der Waals surface area contributed by atoms with Crippen molar-refractivity contribution in [2.75, 3.05) is 0 Å². The van der Waals surface area contributed by atoms with Crippen LogP contribution in [0.2, 0.25) is 5.02 Å². The molecule has 0 spiro atoms. The zero-order chi connectivity index (χ0) is 22.2. The smallest absolute Gasteiger partial charge is 0.211 e. The average molecular weight is 586 g/mol. The third-order valence-corrected chi connectivity index (χ3v) is 7.33. The number of hydrogen-bond donors (Lipinski definition) is 0. The first kappa shape index (κ1) is 21.6. The van der Waals surface area contributed by atoms with Crippen molar-refractivity contribution in [1.82, 2.24) is 14.8 Å². The summed E-state index contributed by atoms with van der Waals surface area (Å²) in [6, 6.07) is 26.3. The van der Waals surface area contributed by atoms with Crippen molar-refractivity contribution in [3.63, 3.8) is 0 Å². The second-order valence-electron chi connectivity index (χ2n) is 7.21. The van der Waals surface area contributed by atoms with Crippen LogP contribution < -0.4 is 0 Å². The summed E-state index contributed by atoms with van der Waals surface area (Å²) >= 11 is 15.7. The molecule has 158 valence electrons. The van der Waals surface area contributed by atoms with Gasteiger partial charge in [0.15, 0.2) is 0 Å². The Morgan fingerprint density at radius 3 is 2.09 bits per heavy atom. The number of halogens is 3. The Kier molecular flexibility index (Phi) is 6.03.